The highest BCUT2D eigenvalue weighted by Crippen LogP contribution is 2.23. The lowest BCUT2D eigenvalue weighted by atomic mass is 10.0. The summed E-state index contributed by atoms with van der Waals surface area (Å²) in [4.78, 5) is 14.2. The number of amides is 1. The van der Waals surface area contributed by atoms with Crippen LogP contribution in [0.4, 0.5) is 8.78 Å². The molecule has 1 amide bonds. The summed E-state index contributed by atoms with van der Waals surface area (Å²) in [6, 6.07) is 12.2. The molecule has 0 saturated heterocycles. The number of hydrogen-bond donors (Lipinski definition) is 1. The van der Waals surface area contributed by atoms with Gasteiger partial charge in [0.25, 0.3) is 5.91 Å². The molecule has 0 saturated carbocycles. The number of nitrogens with one attached hydrogen (secondary N) is 1. The smallest absolute Gasteiger partial charge is 0.273 e. The molecule has 0 aliphatic heterocycles. The van der Waals surface area contributed by atoms with Gasteiger partial charge in [0.2, 0.25) is 0 Å². The zero-order chi connectivity index (χ0) is 20.3. The van der Waals surface area contributed by atoms with E-state index in [4.69, 9.17) is 4.52 Å². The van der Waals surface area contributed by atoms with Crippen LogP contribution in [-0.4, -0.2) is 36.6 Å². The van der Waals surface area contributed by atoms with Gasteiger partial charge in [-0.2, -0.15) is 0 Å². The van der Waals surface area contributed by atoms with Crippen molar-refractivity contribution in [2.45, 2.75) is 13.0 Å². The fourth-order valence-electron chi connectivity index (χ4n) is 2.86. The summed E-state index contributed by atoms with van der Waals surface area (Å²) < 4.78 is 32.6. The lowest BCUT2D eigenvalue weighted by Crippen LogP contribution is -2.35. The third kappa shape index (κ3) is 4.43. The average Bonchev–Trinajstić information content (AvgIpc) is 3.14. The monoisotopic (exact) mass is 385 g/mol. The van der Waals surface area contributed by atoms with E-state index >= 15 is 0 Å². The molecule has 1 heterocycles. The van der Waals surface area contributed by atoms with Gasteiger partial charge in [0.15, 0.2) is 11.5 Å². The van der Waals surface area contributed by atoms with E-state index in [1.54, 1.807) is 25.1 Å². The maximum absolute atomic E-state index is 14.1. The lowest BCUT2D eigenvalue weighted by Gasteiger charge is -2.25. The molecule has 0 radical (unpaired) electrons. The molecular formula is C21H21F2N3O2. The van der Waals surface area contributed by atoms with Crippen LogP contribution in [0.2, 0.25) is 0 Å². The standard InChI is InChI=1S/C21H21F2N3O2/c1-13-4-6-14(7-5-13)20-11-18(25-28-20)21(27)24-12-19(26(2)3)16-9-8-15(22)10-17(16)23/h4-11,19H,12H2,1-3H3,(H,24,27)/t19-/m1/s1. The van der Waals surface area contributed by atoms with Gasteiger partial charge in [-0.3, -0.25) is 4.79 Å². The van der Waals surface area contributed by atoms with Gasteiger partial charge in [-0.1, -0.05) is 41.1 Å². The van der Waals surface area contributed by atoms with Gasteiger partial charge < -0.3 is 14.7 Å². The number of benzene rings is 2. The molecule has 1 N–H and O–H groups in total. The van der Waals surface area contributed by atoms with Crippen molar-refractivity contribution in [3.63, 3.8) is 0 Å². The minimum absolute atomic E-state index is 0.126. The summed E-state index contributed by atoms with van der Waals surface area (Å²) in [6.07, 6.45) is 0. The van der Waals surface area contributed by atoms with E-state index < -0.39 is 23.6 Å². The molecule has 0 spiro atoms. The van der Waals surface area contributed by atoms with Crippen LogP contribution in [0, 0.1) is 18.6 Å². The number of aryl methyl sites for hydroxylation is 1. The summed E-state index contributed by atoms with van der Waals surface area (Å²) in [5.41, 5.74) is 2.36. The van der Waals surface area contributed by atoms with Gasteiger partial charge in [0.1, 0.15) is 11.6 Å². The Morgan fingerprint density at radius 3 is 2.50 bits per heavy atom. The summed E-state index contributed by atoms with van der Waals surface area (Å²) >= 11 is 0. The van der Waals surface area contributed by atoms with Crippen LogP contribution >= 0.6 is 0 Å². The van der Waals surface area contributed by atoms with Crippen LogP contribution in [0.3, 0.4) is 0 Å². The topological polar surface area (TPSA) is 58.4 Å². The Hall–Kier alpha value is -3.06. The van der Waals surface area contributed by atoms with Crippen molar-refractivity contribution in [1.82, 2.24) is 15.4 Å². The molecular weight excluding hydrogens is 364 g/mol. The summed E-state index contributed by atoms with van der Waals surface area (Å²) in [7, 11) is 3.51. The van der Waals surface area contributed by atoms with Crippen LogP contribution in [0.5, 0.6) is 0 Å². The molecule has 0 unspecified atom stereocenters. The summed E-state index contributed by atoms with van der Waals surface area (Å²) in [5, 5.41) is 6.55. The summed E-state index contributed by atoms with van der Waals surface area (Å²) in [5.74, 6) is -1.25. The lowest BCUT2D eigenvalue weighted by molar-refractivity contribution is 0.0932. The van der Waals surface area contributed by atoms with E-state index in [-0.39, 0.29) is 12.2 Å². The van der Waals surface area contributed by atoms with Crippen molar-refractivity contribution in [2.24, 2.45) is 0 Å². The van der Waals surface area contributed by atoms with Crippen molar-refractivity contribution in [3.8, 4) is 11.3 Å². The quantitative estimate of drug-likeness (QED) is 0.698. The van der Waals surface area contributed by atoms with Gasteiger partial charge in [-0.15, -0.1) is 0 Å². The van der Waals surface area contributed by atoms with Crippen LogP contribution < -0.4 is 5.32 Å². The molecule has 3 rings (SSSR count). The first-order valence-electron chi connectivity index (χ1n) is 8.78. The van der Waals surface area contributed by atoms with Gasteiger partial charge in [-0.25, -0.2) is 8.78 Å². The molecule has 3 aromatic rings. The first-order valence-corrected chi connectivity index (χ1v) is 8.78. The van der Waals surface area contributed by atoms with E-state index in [0.29, 0.717) is 11.3 Å². The number of halogens is 2. The maximum Gasteiger partial charge on any atom is 0.273 e. The van der Waals surface area contributed by atoms with Crippen LogP contribution in [-0.2, 0) is 0 Å². The molecule has 0 aliphatic carbocycles. The molecule has 0 aliphatic rings. The minimum Gasteiger partial charge on any atom is -0.355 e. The fourth-order valence-corrected chi connectivity index (χ4v) is 2.86. The Balaban J connectivity index is 1.71. The van der Waals surface area contributed by atoms with Crippen molar-refractivity contribution < 1.29 is 18.1 Å². The average molecular weight is 385 g/mol. The molecule has 146 valence electrons. The second kappa shape index (κ2) is 8.31. The Kier molecular flexibility index (Phi) is 5.84. The van der Waals surface area contributed by atoms with Crippen LogP contribution in [0.1, 0.15) is 27.7 Å². The van der Waals surface area contributed by atoms with Gasteiger partial charge in [0.05, 0.1) is 6.04 Å². The number of aromatic nitrogens is 1. The minimum atomic E-state index is -0.656. The molecule has 1 aromatic heterocycles. The van der Waals surface area contributed by atoms with Crippen molar-refractivity contribution >= 4 is 5.91 Å². The van der Waals surface area contributed by atoms with E-state index in [1.807, 2.05) is 31.2 Å². The zero-order valence-corrected chi connectivity index (χ0v) is 15.9. The van der Waals surface area contributed by atoms with Gasteiger partial charge >= 0.3 is 0 Å². The predicted molar refractivity (Wildman–Crippen MR) is 102 cm³/mol. The first kappa shape index (κ1) is 19.7. The van der Waals surface area contributed by atoms with Crippen molar-refractivity contribution in [1.29, 1.82) is 0 Å². The predicted octanol–water partition coefficient (Wildman–Crippen LogP) is 3.96. The molecule has 7 heteroatoms. The van der Waals surface area contributed by atoms with Crippen LogP contribution in [0.25, 0.3) is 11.3 Å². The van der Waals surface area contributed by atoms with Crippen molar-refractivity contribution in [3.05, 3.63) is 77.0 Å². The maximum atomic E-state index is 14.1. The normalized spacial score (nSPS) is 12.2. The third-order valence-corrected chi connectivity index (χ3v) is 4.48. The second-order valence-corrected chi connectivity index (χ2v) is 6.80. The number of rotatable bonds is 6. The fraction of sp³-hybridized carbons (Fsp3) is 0.238. The highest BCUT2D eigenvalue weighted by Gasteiger charge is 2.21. The molecule has 28 heavy (non-hydrogen) atoms. The number of carbonyl (C=O) groups is 1. The largest absolute Gasteiger partial charge is 0.355 e. The Morgan fingerprint density at radius 2 is 1.86 bits per heavy atom. The zero-order valence-electron chi connectivity index (χ0n) is 15.9. The Bertz CT molecular complexity index is 968. The second-order valence-electron chi connectivity index (χ2n) is 6.80. The molecule has 1 atom stereocenters. The van der Waals surface area contributed by atoms with Crippen molar-refractivity contribution in [2.75, 3.05) is 20.6 Å². The number of carbonyl (C=O) groups excluding carboxylic acids is 1. The Morgan fingerprint density at radius 1 is 1.14 bits per heavy atom. The Labute approximate surface area is 162 Å². The SMILES string of the molecule is Cc1ccc(-c2cc(C(=O)NC[C@H](c3ccc(F)cc3F)N(C)C)no2)cc1. The highest BCUT2D eigenvalue weighted by atomic mass is 19.1. The molecule has 0 fully saturated rings. The van der Waals surface area contributed by atoms with E-state index in [9.17, 15) is 13.6 Å². The third-order valence-electron chi connectivity index (χ3n) is 4.48. The number of likely N-dealkylation sites (N-methyl/N-ethyl adjacent to an activating group) is 1. The van der Waals surface area contributed by atoms with E-state index in [0.717, 1.165) is 17.2 Å². The highest BCUT2D eigenvalue weighted by molar-refractivity contribution is 5.93. The number of nitrogens with zero attached hydrogens (tertiary/aromatic N) is 2. The first-order chi connectivity index (χ1) is 13.3. The summed E-state index contributed by atoms with van der Waals surface area (Å²) in [6.45, 7) is 2.11. The molecule has 2 aromatic carbocycles. The van der Waals surface area contributed by atoms with Gasteiger partial charge in [0, 0.05) is 29.8 Å². The van der Waals surface area contributed by atoms with E-state index in [1.165, 1.54) is 12.1 Å². The van der Waals surface area contributed by atoms with E-state index in [2.05, 4.69) is 10.5 Å². The van der Waals surface area contributed by atoms with Crippen LogP contribution in [0.15, 0.2) is 53.1 Å². The number of hydrogen-bond acceptors (Lipinski definition) is 4. The molecule has 5 nitrogen and oxygen atoms in total. The van der Waals surface area contributed by atoms with Gasteiger partial charge in [-0.05, 0) is 27.1 Å². The molecule has 0 bridgehead atoms.